The summed E-state index contributed by atoms with van der Waals surface area (Å²) >= 11 is 0. The molecule has 0 radical (unpaired) electrons. The first kappa shape index (κ1) is 12.4. The summed E-state index contributed by atoms with van der Waals surface area (Å²) in [5, 5.41) is 13.4. The molecule has 1 aromatic carbocycles. The highest BCUT2D eigenvalue weighted by Crippen LogP contribution is 2.27. The number of nitrogens with zero attached hydrogens (tertiary/aromatic N) is 1. The van der Waals surface area contributed by atoms with Crippen molar-refractivity contribution in [2.75, 3.05) is 19.0 Å². The third-order valence-electron chi connectivity index (χ3n) is 2.00. The van der Waals surface area contributed by atoms with E-state index in [4.69, 9.17) is 4.74 Å². The molecule has 1 atom stereocenters. The summed E-state index contributed by atoms with van der Waals surface area (Å²) in [7, 11) is 1.51. The smallest absolute Gasteiger partial charge is 0.295 e. The first-order chi connectivity index (χ1) is 7.56. The van der Waals surface area contributed by atoms with Crippen molar-refractivity contribution in [2.24, 2.45) is 0 Å². The molecular formula is C10H13FN2O3. The van der Waals surface area contributed by atoms with Crippen LogP contribution in [0.4, 0.5) is 15.8 Å². The van der Waals surface area contributed by atoms with Crippen LogP contribution in [0.25, 0.3) is 0 Å². The van der Waals surface area contributed by atoms with Crippen LogP contribution in [-0.2, 0) is 4.74 Å². The second-order valence-electron chi connectivity index (χ2n) is 3.39. The predicted octanol–water partition coefficient (Wildman–Crippen LogP) is 2.18. The van der Waals surface area contributed by atoms with E-state index in [0.717, 1.165) is 0 Å². The zero-order valence-corrected chi connectivity index (χ0v) is 9.07. The standard InChI is InChI=1S/C10H13FN2O3/c1-7(6-16-2)12-10-8(11)4-3-5-9(10)13(14)15/h3-5,7,12H,6H2,1-2H3. The Balaban J connectivity index is 2.97. The Morgan fingerprint density at radius 2 is 2.31 bits per heavy atom. The maximum absolute atomic E-state index is 13.4. The minimum absolute atomic E-state index is 0.1000. The van der Waals surface area contributed by atoms with Gasteiger partial charge in [0.25, 0.3) is 5.69 Å². The molecule has 0 amide bonds. The second kappa shape index (κ2) is 5.41. The van der Waals surface area contributed by atoms with E-state index < -0.39 is 10.7 Å². The van der Waals surface area contributed by atoms with Crippen LogP contribution in [0.2, 0.25) is 0 Å². The Labute approximate surface area is 92.4 Å². The van der Waals surface area contributed by atoms with Gasteiger partial charge in [-0.15, -0.1) is 0 Å². The first-order valence-electron chi connectivity index (χ1n) is 4.74. The zero-order valence-electron chi connectivity index (χ0n) is 9.07. The lowest BCUT2D eigenvalue weighted by Gasteiger charge is -2.14. The molecule has 0 fully saturated rings. The highest BCUT2D eigenvalue weighted by atomic mass is 19.1. The van der Waals surface area contributed by atoms with Gasteiger partial charge in [0, 0.05) is 19.2 Å². The molecule has 0 spiro atoms. The van der Waals surface area contributed by atoms with E-state index in [1.54, 1.807) is 6.92 Å². The Kier molecular flexibility index (Phi) is 4.19. The molecule has 0 bridgehead atoms. The second-order valence-corrected chi connectivity index (χ2v) is 3.39. The van der Waals surface area contributed by atoms with Gasteiger partial charge in [-0.05, 0) is 13.0 Å². The molecule has 5 nitrogen and oxygen atoms in total. The van der Waals surface area contributed by atoms with Crippen LogP contribution in [0.5, 0.6) is 0 Å². The van der Waals surface area contributed by atoms with E-state index in [0.29, 0.717) is 6.61 Å². The van der Waals surface area contributed by atoms with Gasteiger partial charge in [-0.3, -0.25) is 10.1 Å². The van der Waals surface area contributed by atoms with E-state index in [1.807, 2.05) is 0 Å². The topological polar surface area (TPSA) is 64.4 Å². The van der Waals surface area contributed by atoms with Crippen LogP contribution in [0.15, 0.2) is 18.2 Å². The molecular weight excluding hydrogens is 215 g/mol. The number of nitro benzene ring substituents is 1. The van der Waals surface area contributed by atoms with Crippen LogP contribution >= 0.6 is 0 Å². The first-order valence-corrected chi connectivity index (χ1v) is 4.74. The molecule has 0 aliphatic rings. The largest absolute Gasteiger partial charge is 0.383 e. The zero-order chi connectivity index (χ0) is 12.1. The minimum Gasteiger partial charge on any atom is -0.383 e. The van der Waals surface area contributed by atoms with E-state index in [1.165, 1.54) is 25.3 Å². The van der Waals surface area contributed by atoms with Crippen molar-refractivity contribution in [1.82, 2.24) is 0 Å². The van der Waals surface area contributed by atoms with Crippen molar-refractivity contribution in [3.05, 3.63) is 34.1 Å². The average molecular weight is 228 g/mol. The third-order valence-corrected chi connectivity index (χ3v) is 2.00. The molecule has 6 heteroatoms. The number of para-hydroxylation sites is 1. The van der Waals surface area contributed by atoms with Crippen LogP contribution in [-0.4, -0.2) is 24.7 Å². The summed E-state index contributed by atoms with van der Waals surface area (Å²) in [4.78, 5) is 10.1. The molecule has 0 saturated heterocycles. The third kappa shape index (κ3) is 2.90. The van der Waals surface area contributed by atoms with Gasteiger partial charge in [-0.2, -0.15) is 0 Å². The van der Waals surface area contributed by atoms with Crippen molar-refractivity contribution in [3.63, 3.8) is 0 Å². The van der Waals surface area contributed by atoms with Gasteiger partial charge in [-0.1, -0.05) is 6.07 Å². The molecule has 0 aliphatic heterocycles. The van der Waals surface area contributed by atoms with Gasteiger partial charge in [0.05, 0.1) is 11.5 Å². The summed E-state index contributed by atoms with van der Waals surface area (Å²) in [5.74, 6) is -0.642. The number of benzene rings is 1. The highest BCUT2D eigenvalue weighted by Gasteiger charge is 2.18. The van der Waals surface area contributed by atoms with Crippen molar-refractivity contribution < 1.29 is 14.1 Å². The van der Waals surface area contributed by atoms with Gasteiger partial charge in [0.1, 0.15) is 5.69 Å². The Hall–Kier alpha value is -1.69. The lowest BCUT2D eigenvalue weighted by atomic mass is 10.2. The molecule has 88 valence electrons. The number of nitro groups is 1. The van der Waals surface area contributed by atoms with E-state index in [9.17, 15) is 14.5 Å². The normalized spacial score (nSPS) is 12.2. The Bertz CT molecular complexity index is 384. The molecule has 1 aromatic rings. The molecule has 1 rings (SSSR count). The Morgan fingerprint density at radius 1 is 1.62 bits per heavy atom. The van der Waals surface area contributed by atoms with Crippen molar-refractivity contribution in [3.8, 4) is 0 Å². The number of halogens is 1. The van der Waals surface area contributed by atoms with E-state index in [-0.39, 0.29) is 17.4 Å². The minimum atomic E-state index is -0.642. The fourth-order valence-electron chi connectivity index (χ4n) is 1.35. The quantitative estimate of drug-likeness (QED) is 0.619. The van der Waals surface area contributed by atoms with Gasteiger partial charge < -0.3 is 10.1 Å². The summed E-state index contributed by atoms with van der Waals surface area (Å²) in [6.07, 6.45) is 0. The number of nitrogens with one attached hydrogen (secondary N) is 1. The Morgan fingerprint density at radius 3 is 2.88 bits per heavy atom. The number of anilines is 1. The van der Waals surface area contributed by atoms with E-state index >= 15 is 0 Å². The molecule has 0 aliphatic carbocycles. The molecule has 0 heterocycles. The van der Waals surface area contributed by atoms with Gasteiger partial charge in [-0.25, -0.2) is 4.39 Å². The van der Waals surface area contributed by atoms with Crippen molar-refractivity contribution in [2.45, 2.75) is 13.0 Å². The molecule has 1 unspecified atom stereocenters. The summed E-state index contributed by atoms with van der Waals surface area (Å²) < 4.78 is 18.3. The summed E-state index contributed by atoms with van der Waals surface area (Å²) in [6.45, 7) is 2.09. The fourth-order valence-corrected chi connectivity index (χ4v) is 1.35. The monoisotopic (exact) mass is 228 g/mol. The average Bonchev–Trinajstić information content (AvgIpc) is 2.21. The highest BCUT2D eigenvalue weighted by molar-refractivity contribution is 5.62. The fraction of sp³-hybridized carbons (Fsp3) is 0.400. The predicted molar refractivity (Wildman–Crippen MR) is 58.0 cm³/mol. The molecule has 0 aromatic heterocycles. The van der Waals surface area contributed by atoms with E-state index in [2.05, 4.69) is 5.32 Å². The lowest BCUT2D eigenvalue weighted by molar-refractivity contribution is -0.384. The van der Waals surface area contributed by atoms with Crippen LogP contribution in [0.1, 0.15) is 6.92 Å². The van der Waals surface area contributed by atoms with Crippen LogP contribution in [0.3, 0.4) is 0 Å². The van der Waals surface area contributed by atoms with Crippen molar-refractivity contribution in [1.29, 1.82) is 0 Å². The SMILES string of the molecule is COCC(C)Nc1c(F)cccc1[N+](=O)[O-]. The lowest BCUT2D eigenvalue weighted by Crippen LogP contribution is -2.22. The van der Waals surface area contributed by atoms with Crippen LogP contribution in [0, 0.1) is 15.9 Å². The number of ether oxygens (including phenoxy) is 1. The van der Waals surface area contributed by atoms with Gasteiger partial charge in [0.15, 0.2) is 5.82 Å². The number of methoxy groups -OCH3 is 1. The number of hydrogen-bond acceptors (Lipinski definition) is 4. The molecule has 0 saturated carbocycles. The summed E-state index contributed by atoms with van der Waals surface area (Å²) in [5.41, 5.74) is -0.375. The van der Waals surface area contributed by atoms with Gasteiger partial charge >= 0.3 is 0 Å². The maximum atomic E-state index is 13.4. The summed E-state index contributed by atoms with van der Waals surface area (Å²) in [6, 6.07) is 3.53. The molecule has 16 heavy (non-hydrogen) atoms. The van der Waals surface area contributed by atoms with Gasteiger partial charge in [0.2, 0.25) is 0 Å². The number of rotatable bonds is 5. The van der Waals surface area contributed by atoms with Crippen LogP contribution < -0.4 is 5.32 Å². The molecule has 1 N–H and O–H groups in total. The number of hydrogen-bond donors (Lipinski definition) is 1. The van der Waals surface area contributed by atoms with Crippen molar-refractivity contribution >= 4 is 11.4 Å². The maximum Gasteiger partial charge on any atom is 0.295 e.